The first-order valence-corrected chi connectivity index (χ1v) is 7.80. The molecule has 1 aliphatic carbocycles. The Morgan fingerprint density at radius 1 is 0.900 bits per heavy atom. The number of aromatic nitrogens is 3. The van der Waals surface area contributed by atoms with Crippen molar-refractivity contribution in [3.63, 3.8) is 0 Å². The molecule has 1 saturated heterocycles. The summed E-state index contributed by atoms with van der Waals surface area (Å²) in [6.07, 6.45) is 8.87. The molecule has 6 nitrogen and oxygen atoms in total. The van der Waals surface area contributed by atoms with E-state index < -0.39 is 0 Å². The molecule has 0 aromatic carbocycles. The maximum Gasteiger partial charge on any atom is 0.231 e. The first-order chi connectivity index (χ1) is 9.85. The third kappa shape index (κ3) is 3.11. The summed E-state index contributed by atoms with van der Waals surface area (Å²) >= 11 is 0. The van der Waals surface area contributed by atoms with E-state index in [1.807, 2.05) is 7.05 Å². The van der Waals surface area contributed by atoms with Gasteiger partial charge in [-0.25, -0.2) is 0 Å². The summed E-state index contributed by atoms with van der Waals surface area (Å²) in [5.74, 6) is 2.18. The fourth-order valence-corrected chi connectivity index (χ4v) is 3.03. The molecular formula is C14H24N6. The van der Waals surface area contributed by atoms with Crippen LogP contribution in [-0.2, 0) is 0 Å². The molecule has 0 bridgehead atoms. The highest BCUT2D eigenvalue weighted by Crippen LogP contribution is 2.22. The molecule has 6 heteroatoms. The van der Waals surface area contributed by atoms with E-state index in [1.165, 1.54) is 44.9 Å². The lowest BCUT2D eigenvalue weighted by atomic mass is 9.96. The minimum atomic E-state index is 0.516. The van der Waals surface area contributed by atoms with Crippen molar-refractivity contribution >= 4 is 17.8 Å². The van der Waals surface area contributed by atoms with Crippen LogP contribution in [-0.4, -0.2) is 41.1 Å². The van der Waals surface area contributed by atoms with Gasteiger partial charge in [0, 0.05) is 26.2 Å². The first-order valence-electron chi connectivity index (χ1n) is 7.80. The molecule has 110 valence electrons. The van der Waals surface area contributed by atoms with Crippen molar-refractivity contribution < 1.29 is 0 Å². The van der Waals surface area contributed by atoms with Crippen LogP contribution in [0.2, 0.25) is 0 Å². The van der Waals surface area contributed by atoms with Crippen LogP contribution < -0.4 is 15.5 Å². The van der Waals surface area contributed by atoms with Crippen molar-refractivity contribution in [1.82, 2.24) is 15.0 Å². The molecule has 0 unspecified atom stereocenters. The zero-order chi connectivity index (χ0) is 13.8. The normalized spacial score (nSPS) is 20.1. The van der Waals surface area contributed by atoms with Crippen molar-refractivity contribution in [3.05, 3.63) is 0 Å². The number of hydrogen-bond acceptors (Lipinski definition) is 6. The largest absolute Gasteiger partial charge is 0.357 e. The quantitative estimate of drug-likeness (QED) is 0.879. The van der Waals surface area contributed by atoms with E-state index in [0.717, 1.165) is 25.0 Å². The number of rotatable bonds is 4. The summed E-state index contributed by atoms with van der Waals surface area (Å²) in [6, 6.07) is 0.516. The Bertz CT molecular complexity index is 437. The standard InChI is InChI=1S/C14H24N6/c1-15-12-17-13(16-11-7-3-2-4-8-11)19-14(18-12)20-9-5-6-10-20/h11H,2-10H2,1H3,(H2,15,16,17,18,19). The summed E-state index contributed by atoms with van der Waals surface area (Å²) in [5.41, 5.74) is 0. The molecular weight excluding hydrogens is 252 g/mol. The molecule has 3 rings (SSSR count). The van der Waals surface area contributed by atoms with Gasteiger partial charge in [-0.15, -0.1) is 0 Å². The van der Waals surface area contributed by atoms with Crippen LogP contribution in [0.25, 0.3) is 0 Å². The third-order valence-electron chi connectivity index (χ3n) is 4.17. The van der Waals surface area contributed by atoms with Gasteiger partial charge in [0.15, 0.2) is 0 Å². The van der Waals surface area contributed by atoms with Crippen molar-refractivity contribution in [2.45, 2.75) is 51.0 Å². The molecule has 1 aliphatic heterocycles. The van der Waals surface area contributed by atoms with Crippen molar-refractivity contribution in [1.29, 1.82) is 0 Å². The predicted octanol–water partition coefficient (Wildman–Crippen LogP) is 2.26. The Labute approximate surface area is 120 Å². The molecule has 2 N–H and O–H groups in total. The van der Waals surface area contributed by atoms with Crippen LogP contribution in [0.1, 0.15) is 44.9 Å². The fourth-order valence-electron chi connectivity index (χ4n) is 3.03. The summed E-state index contributed by atoms with van der Waals surface area (Å²) < 4.78 is 0. The van der Waals surface area contributed by atoms with Crippen LogP contribution in [0.4, 0.5) is 17.8 Å². The lowest BCUT2D eigenvalue weighted by molar-refractivity contribution is 0.460. The molecule has 2 fully saturated rings. The lowest BCUT2D eigenvalue weighted by Gasteiger charge is -2.23. The number of nitrogens with zero attached hydrogens (tertiary/aromatic N) is 4. The van der Waals surface area contributed by atoms with Gasteiger partial charge in [0.2, 0.25) is 17.8 Å². The van der Waals surface area contributed by atoms with Crippen molar-refractivity contribution in [3.8, 4) is 0 Å². The highest BCUT2D eigenvalue weighted by molar-refractivity contribution is 5.44. The Kier molecular flexibility index (Phi) is 4.18. The van der Waals surface area contributed by atoms with Crippen molar-refractivity contribution in [2.75, 3.05) is 35.7 Å². The minimum absolute atomic E-state index is 0.516. The maximum atomic E-state index is 4.61. The van der Waals surface area contributed by atoms with Gasteiger partial charge >= 0.3 is 0 Å². The van der Waals surface area contributed by atoms with Gasteiger partial charge in [-0.05, 0) is 25.7 Å². The second-order valence-corrected chi connectivity index (χ2v) is 5.71. The highest BCUT2D eigenvalue weighted by Gasteiger charge is 2.19. The minimum Gasteiger partial charge on any atom is -0.357 e. The Hall–Kier alpha value is -1.59. The van der Waals surface area contributed by atoms with Crippen LogP contribution in [0.3, 0.4) is 0 Å². The molecule has 0 amide bonds. The zero-order valence-corrected chi connectivity index (χ0v) is 12.2. The second-order valence-electron chi connectivity index (χ2n) is 5.71. The van der Waals surface area contributed by atoms with E-state index in [1.54, 1.807) is 0 Å². The molecule has 1 aromatic heterocycles. The number of anilines is 3. The smallest absolute Gasteiger partial charge is 0.231 e. The first kappa shape index (κ1) is 13.4. The van der Waals surface area contributed by atoms with Crippen molar-refractivity contribution in [2.24, 2.45) is 0 Å². The summed E-state index contributed by atoms with van der Waals surface area (Å²) in [7, 11) is 1.85. The second kappa shape index (κ2) is 6.24. The van der Waals surface area contributed by atoms with Crippen LogP contribution in [0.5, 0.6) is 0 Å². The third-order valence-corrected chi connectivity index (χ3v) is 4.17. The molecule has 20 heavy (non-hydrogen) atoms. The van der Waals surface area contributed by atoms with E-state index in [2.05, 4.69) is 30.5 Å². The summed E-state index contributed by atoms with van der Waals surface area (Å²) in [6.45, 7) is 2.10. The van der Waals surface area contributed by atoms with E-state index in [4.69, 9.17) is 0 Å². The molecule has 0 spiro atoms. The highest BCUT2D eigenvalue weighted by atomic mass is 15.3. The van der Waals surface area contributed by atoms with E-state index in [0.29, 0.717) is 12.0 Å². The van der Waals surface area contributed by atoms with Gasteiger partial charge in [0.1, 0.15) is 0 Å². The fraction of sp³-hybridized carbons (Fsp3) is 0.786. The van der Waals surface area contributed by atoms with E-state index in [-0.39, 0.29) is 0 Å². The van der Waals surface area contributed by atoms with Crippen LogP contribution in [0.15, 0.2) is 0 Å². The monoisotopic (exact) mass is 276 g/mol. The maximum absolute atomic E-state index is 4.61. The van der Waals surface area contributed by atoms with Gasteiger partial charge < -0.3 is 15.5 Å². The van der Waals surface area contributed by atoms with Gasteiger partial charge in [-0.1, -0.05) is 19.3 Å². The zero-order valence-electron chi connectivity index (χ0n) is 12.2. The molecule has 0 atom stereocenters. The SMILES string of the molecule is CNc1nc(NC2CCCCC2)nc(N2CCCC2)n1. The molecule has 1 aromatic rings. The number of hydrogen-bond donors (Lipinski definition) is 2. The van der Waals surface area contributed by atoms with Gasteiger partial charge in [0.25, 0.3) is 0 Å². The Morgan fingerprint density at radius 2 is 1.60 bits per heavy atom. The topological polar surface area (TPSA) is 66.0 Å². The van der Waals surface area contributed by atoms with E-state index >= 15 is 0 Å². The predicted molar refractivity (Wildman–Crippen MR) is 81.3 cm³/mol. The van der Waals surface area contributed by atoms with Crippen LogP contribution in [0, 0.1) is 0 Å². The average Bonchev–Trinajstić information content (AvgIpc) is 3.02. The summed E-state index contributed by atoms with van der Waals surface area (Å²) in [5, 5.41) is 6.53. The van der Waals surface area contributed by atoms with Crippen LogP contribution >= 0.6 is 0 Å². The Balaban J connectivity index is 1.76. The lowest BCUT2D eigenvalue weighted by Crippen LogP contribution is -2.26. The van der Waals surface area contributed by atoms with Gasteiger partial charge in [-0.2, -0.15) is 15.0 Å². The van der Waals surface area contributed by atoms with E-state index in [9.17, 15) is 0 Å². The molecule has 2 heterocycles. The summed E-state index contributed by atoms with van der Waals surface area (Å²) in [4.78, 5) is 15.8. The molecule has 0 radical (unpaired) electrons. The Morgan fingerprint density at radius 3 is 2.30 bits per heavy atom. The van der Waals surface area contributed by atoms with Gasteiger partial charge in [0.05, 0.1) is 0 Å². The van der Waals surface area contributed by atoms with Gasteiger partial charge in [-0.3, -0.25) is 0 Å². The average molecular weight is 276 g/mol. The molecule has 1 saturated carbocycles. The molecule has 2 aliphatic rings. The number of nitrogens with one attached hydrogen (secondary N) is 2.